The summed E-state index contributed by atoms with van der Waals surface area (Å²) in [5, 5.41) is 7.30. The van der Waals surface area contributed by atoms with Gasteiger partial charge >= 0.3 is 0 Å². The summed E-state index contributed by atoms with van der Waals surface area (Å²) in [5.41, 5.74) is 4.01. The number of nitrogens with zero attached hydrogens (tertiary/aromatic N) is 2. The van der Waals surface area contributed by atoms with E-state index >= 15 is 0 Å². The second kappa shape index (κ2) is 6.12. The Balaban J connectivity index is 1.61. The van der Waals surface area contributed by atoms with Crippen LogP contribution in [-0.2, 0) is 6.54 Å². The maximum Gasteiger partial charge on any atom is 0.254 e. The van der Waals surface area contributed by atoms with Gasteiger partial charge in [0.1, 0.15) is 0 Å². The number of pyridine rings is 1. The van der Waals surface area contributed by atoms with E-state index in [1.807, 2.05) is 18.3 Å². The normalized spacial score (nSPS) is 23.9. The molecule has 0 bridgehead atoms. The number of hydrogen-bond acceptors (Lipinski definition) is 4. The summed E-state index contributed by atoms with van der Waals surface area (Å²) in [6.07, 6.45) is 1.89. The first kappa shape index (κ1) is 16.4. The van der Waals surface area contributed by atoms with Gasteiger partial charge in [-0.3, -0.25) is 9.78 Å². The Hall–Kier alpha value is -1.82. The van der Waals surface area contributed by atoms with Gasteiger partial charge in [0, 0.05) is 43.9 Å². The molecule has 5 rings (SSSR count). The molecule has 0 aliphatic carbocycles. The van der Waals surface area contributed by atoms with E-state index in [4.69, 9.17) is 23.2 Å². The van der Waals surface area contributed by atoms with E-state index in [0.29, 0.717) is 45.2 Å². The molecule has 7 heteroatoms. The molecule has 2 N–H and O–H groups in total. The average molecular weight is 389 g/mol. The molecule has 2 fully saturated rings. The highest BCUT2D eigenvalue weighted by Gasteiger charge is 2.38. The zero-order chi connectivity index (χ0) is 17.8. The number of rotatable bonds is 2. The summed E-state index contributed by atoms with van der Waals surface area (Å²) < 4.78 is 0. The van der Waals surface area contributed by atoms with E-state index in [0.717, 1.165) is 37.4 Å². The molecule has 0 saturated carbocycles. The number of halogens is 2. The van der Waals surface area contributed by atoms with E-state index < -0.39 is 0 Å². The van der Waals surface area contributed by atoms with Gasteiger partial charge in [-0.05, 0) is 17.9 Å². The fourth-order valence-corrected chi connectivity index (χ4v) is 4.83. The Kier molecular flexibility index (Phi) is 3.85. The number of carbonyl (C=O) groups is 1. The molecule has 0 radical (unpaired) electrons. The second-order valence-electron chi connectivity index (χ2n) is 7.21. The first-order chi connectivity index (χ1) is 12.6. The van der Waals surface area contributed by atoms with Gasteiger partial charge < -0.3 is 15.5 Å². The number of fused-ring (bicyclic) bond motifs is 2. The molecule has 3 aliphatic rings. The van der Waals surface area contributed by atoms with Crippen molar-refractivity contribution >= 4 is 34.8 Å². The summed E-state index contributed by atoms with van der Waals surface area (Å²) in [5.74, 6) is 1.26. The van der Waals surface area contributed by atoms with Crippen LogP contribution in [-0.4, -0.2) is 37.1 Å². The summed E-state index contributed by atoms with van der Waals surface area (Å²) in [6.45, 7) is 4.70. The first-order valence-corrected chi connectivity index (χ1v) is 9.59. The van der Waals surface area contributed by atoms with Gasteiger partial charge in [0.05, 0.1) is 33.2 Å². The molecule has 134 valence electrons. The molecule has 26 heavy (non-hydrogen) atoms. The van der Waals surface area contributed by atoms with Gasteiger partial charge in [0.15, 0.2) is 0 Å². The van der Waals surface area contributed by atoms with E-state index in [1.165, 1.54) is 0 Å². The molecule has 4 heterocycles. The lowest BCUT2D eigenvalue weighted by Gasteiger charge is -2.23. The molecular formula is C19H18Cl2N4O. The van der Waals surface area contributed by atoms with Crippen LogP contribution >= 0.6 is 23.2 Å². The van der Waals surface area contributed by atoms with E-state index in [-0.39, 0.29) is 5.91 Å². The van der Waals surface area contributed by atoms with Crippen LogP contribution in [0.3, 0.4) is 0 Å². The highest BCUT2D eigenvalue weighted by Crippen LogP contribution is 2.40. The lowest BCUT2D eigenvalue weighted by molar-refractivity contribution is 0.0966. The van der Waals surface area contributed by atoms with Crippen molar-refractivity contribution in [1.82, 2.24) is 15.6 Å². The number of hydrogen-bond donors (Lipinski definition) is 2. The number of carbonyl (C=O) groups excluding carboxylic acids is 1. The molecule has 0 spiro atoms. The van der Waals surface area contributed by atoms with Crippen LogP contribution < -0.4 is 15.5 Å². The van der Waals surface area contributed by atoms with Crippen molar-refractivity contribution < 1.29 is 4.79 Å². The standard InChI is InChI=1S/C19H18Cl2N4O/c20-14-3-1-2-12(17(14)21)18-16-13(6-24-19(16)26)15(7-23-18)25-8-10-4-22-5-11(10)9-25/h1-3,7,10-11,22H,4-6,8-9H2,(H,24,26). The Morgan fingerprint density at radius 3 is 2.69 bits per heavy atom. The zero-order valence-corrected chi connectivity index (χ0v) is 15.6. The molecule has 2 atom stereocenters. The van der Waals surface area contributed by atoms with Gasteiger partial charge in [0.2, 0.25) is 0 Å². The van der Waals surface area contributed by atoms with Crippen LogP contribution in [0, 0.1) is 11.8 Å². The molecule has 1 aromatic heterocycles. The minimum atomic E-state index is -0.0959. The van der Waals surface area contributed by atoms with Crippen LogP contribution in [0.15, 0.2) is 24.4 Å². The van der Waals surface area contributed by atoms with E-state index in [1.54, 1.807) is 6.07 Å². The Morgan fingerprint density at radius 2 is 1.92 bits per heavy atom. The Morgan fingerprint density at radius 1 is 1.15 bits per heavy atom. The van der Waals surface area contributed by atoms with Crippen LogP contribution in [0.5, 0.6) is 0 Å². The molecular weight excluding hydrogens is 371 g/mol. The van der Waals surface area contributed by atoms with Crippen molar-refractivity contribution in [1.29, 1.82) is 0 Å². The lowest BCUT2D eigenvalue weighted by atomic mass is 10.0. The number of nitrogens with one attached hydrogen (secondary N) is 2. The largest absolute Gasteiger partial charge is 0.369 e. The third-order valence-corrected chi connectivity index (χ3v) is 6.57. The lowest BCUT2D eigenvalue weighted by Crippen LogP contribution is -2.26. The average Bonchev–Trinajstić information content (AvgIpc) is 3.32. The predicted octanol–water partition coefficient (Wildman–Crippen LogP) is 2.95. The number of aromatic nitrogens is 1. The van der Waals surface area contributed by atoms with Crippen molar-refractivity contribution in [2.75, 3.05) is 31.1 Å². The number of amides is 1. The first-order valence-electron chi connectivity index (χ1n) is 8.83. The van der Waals surface area contributed by atoms with Crippen LogP contribution in [0.25, 0.3) is 11.3 Å². The van der Waals surface area contributed by atoms with Crippen molar-refractivity contribution in [3.05, 3.63) is 45.6 Å². The van der Waals surface area contributed by atoms with E-state index in [2.05, 4.69) is 20.5 Å². The Bertz CT molecular complexity index is 905. The maximum absolute atomic E-state index is 12.6. The summed E-state index contributed by atoms with van der Waals surface area (Å²) in [7, 11) is 0. The van der Waals surface area contributed by atoms with Gasteiger partial charge in [-0.25, -0.2) is 0 Å². The summed E-state index contributed by atoms with van der Waals surface area (Å²) in [4.78, 5) is 19.6. The van der Waals surface area contributed by atoms with Crippen LogP contribution in [0.2, 0.25) is 10.0 Å². The van der Waals surface area contributed by atoms with E-state index in [9.17, 15) is 4.79 Å². The fraction of sp³-hybridized carbons (Fsp3) is 0.368. The van der Waals surface area contributed by atoms with Crippen molar-refractivity contribution in [2.45, 2.75) is 6.54 Å². The van der Waals surface area contributed by atoms with Gasteiger partial charge in [-0.1, -0.05) is 35.3 Å². The van der Waals surface area contributed by atoms with Crippen molar-refractivity contribution in [3.8, 4) is 11.3 Å². The van der Waals surface area contributed by atoms with Crippen LogP contribution in [0.1, 0.15) is 15.9 Å². The number of anilines is 1. The monoisotopic (exact) mass is 388 g/mol. The molecule has 3 aliphatic heterocycles. The van der Waals surface area contributed by atoms with Crippen LogP contribution in [0.4, 0.5) is 5.69 Å². The third kappa shape index (κ3) is 2.42. The quantitative estimate of drug-likeness (QED) is 0.830. The minimum Gasteiger partial charge on any atom is -0.369 e. The molecule has 5 nitrogen and oxygen atoms in total. The third-order valence-electron chi connectivity index (χ3n) is 5.75. The predicted molar refractivity (Wildman–Crippen MR) is 103 cm³/mol. The van der Waals surface area contributed by atoms with Crippen molar-refractivity contribution in [3.63, 3.8) is 0 Å². The van der Waals surface area contributed by atoms with Gasteiger partial charge in [-0.15, -0.1) is 0 Å². The summed E-state index contributed by atoms with van der Waals surface area (Å²) in [6, 6.07) is 5.42. The summed E-state index contributed by atoms with van der Waals surface area (Å²) >= 11 is 12.6. The SMILES string of the molecule is O=C1NCc2c(N3CC4CNCC4C3)cnc(-c3cccc(Cl)c3Cl)c21. The smallest absolute Gasteiger partial charge is 0.254 e. The van der Waals surface area contributed by atoms with Gasteiger partial charge in [0.25, 0.3) is 5.91 Å². The maximum atomic E-state index is 12.6. The molecule has 1 amide bonds. The minimum absolute atomic E-state index is 0.0959. The molecule has 2 saturated heterocycles. The second-order valence-corrected chi connectivity index (χ2v) is 8.00. The topological polar surface area (TPSA) is 57.3 Å². The van der Waals surface area contributed by atoms with Gasteiger partial charge in [-0.2, -0.15) is 0 Å². The highest BCUT2D eigenvalue weighted by atomic mass is 35.5. The molecule has 2 aromatic rings. The molecule has 2 unspecified atom stereocenters. The number of benzene rings is 1. The Labute approximate surface area is 161 Å². The fourth-order valence-electron chi connectivity index (χ4n) is 4.44. The zero-order valence-electron chi connectivity index (χ0n) is 14.1. The van der Waals surface area contributed by atoms with Crippen molar-refractivity contribution in [2.24, 2.45) is 11.8 Å². The molecule has 1 aromatic carbocycles. The highest BCUT2D eigenvalue weighted by molar-refractivity contribution is 6.43.